The van der Waals surface area contributed by atoms with Crippen LogP contribution in [-0.4, -0.2) is 25.7 Å². The van der Waals surface area contributed by atoms with Crippen LogP contribution in [0.4, 0.5) is 0 Å². The van der Waals surface area contributed by atoms with Crippen LogP contribution in [0.25, 0.3) is 5.41 Å². The molecular formula is C16H34N2O. The minimum Gasteiger partial charge on any atom is -0.724 e. The molecule has 3 heteroatoms. The Hall–Kier alpha value is -0.660. The molecule has 0 radical (unpaired) electrons. The van der Waals surface area contributed by atoms with Crippen LogP contribution in [0.15, 0.2) is 0 Å². The Morgan fingerprint density at radius 2 is 1.00 bits per heavy atom. The molecule has 0 aromatic heterocycles. The highest BCUT2D eigenvalue weighted by molar-refractivity contribution is 5.36. The topological polar surface area (TPSA) is 43.8 Å². The monoisotopic (exact) mass is 270 g/mol. The van der Waals surface area contributed by atoms with E-state index < -0.39 is 0 Å². The third-order valence-corrected chi connectivity index (χ3v) is 3.23. The number of isocyanates is 1. The molecule has 0 spiro atoms. The number of nitrogens with zero attached hydrogens (tertiary/aromatic N) is 1. The molecule has 0 atom stereocenters. The zero-order valence-corrected chi connectivity index (χ0v) is 13.8. The Bertz CT molecular complexity index is 190. The smallest absolute Gasteiger partial charge is 0.0773 e. The van der Waals surface area contributed by atoms with Gasteiger partial charge in [-0.25, -0.2) is 0 Å². The molecule has 0 aromatic carbocycles. The van der Waals surface area contributed by atoms with Crippen molar-refractivity contribution in [3.8, 4) is 0 Å². The average molecular weight is 270 g/mol. The molecule has 114 valence electrons. The highest BCUT2D eigenvalue weighted by atomic mass is 16.1. The van der Waals surface area contributed by atoms with Crippen molar-refractivity contribution in [1.29, 1.82) is 0 Å². The summed E-state index contributed by atoms with van der Waals surface area (Å²) in [7, 11) is 0. The first-order valence-corrected chi connectivity index (χ1v) is 7.68. The molecule has 0 aliphatic rings. The van der Waals surface area contributed by atoms with Gasteiger partial charge in [0.25, 0.3) is 0 Å². The Morgan fingerprint density at radius 3 is 1.16 bits per heavy atom. The largest absolute Gasteiger partial charge is 0.724 e. The highest BCUT2D eigenvalue weighted by Crippen LogP contribution is 1.99. The summed E-state index contributed by atoms with van der Waals surface area (Å²) in [5.41, 5.74) is 0. The van der Waals surface area contributed by atoms with E-state index in [1.54, 1.807) is 0 Å². The molecule has 0 amide bonds. The molecule has 0 fully saturated rings. The van der Waals surface area contributed by atoms with E-state index in [0.29, 0.717) is 6.08 Å². The first kappa shape index (κ1) is 20.7. The predicted molar refractivity (Wildman–Crippen MR) is 83.0 cm³/mol. The summed E-state index contributed by atoms with van der Waals surface area (Å²) in [5, 5.41) is 6.76. The van der Waals surface area contributed by atoms with Crippen molar-refractivity contribution in [3.63, 3.8) is 0 Å². The Morgan fingerprint density at radius 1 is 0.789 bits per heavy atom. The summed E-state index contributed by atoms with van der Waals surface area (Å²) >= 11 is 0. The van der Waals surface area contributed by atoms with Gasteiger partial charge in [0, 0.05) is 0 Å². The van der Waals surface area contributed by atoms with Crippen LogP contribution in [0.3, 0.4) is 0 Å². The second-order valence-electron chi connectivity index (χ2n) is 6.64. The van der Waals surface area contributed by atoms with Gasteiger partial charge in [-0.1, -0.05) is 41.5 Å². The molecule has 0 saturated carbocycles. The maximum atomic E-state index is 8.24. The molecule has 1 N–H and O–H groups in total. The van der Waals surface area contributed by atoms with Gasteiger partial charge in [0.05, 0.1) is 19.6 Å². The van der Waals surface area contributed by atoms with E-state index in [0.717, 1.165) is 17.8 Å². The number of rotatable bonds is 9. The lowest BCUT2D eigenvalue weighted by molar-refractivity contribution is -0.901. The van der Waals surface area contributed by atoms with Crippen molar-refractivity contribution in [3.05, 3.63) is 5.41 Å². The van der Waals surface area contributed by atoms with Gasteiger partial charge in [-0.15, -0.1) is 0 Å². The van der Waals surface area contributed by atoms with Crippen LogP contribution >= 0.6 is 0 Å². The molecule has 0 aliphatic carbocycles. The third-order valence-electron chi connectivity index (χ3n) is 3.23. The fraction of sp³-hybridized carbons (Fsp3) is 0.938. The van der Waals surface area contributed by atoms with E-state index in [9.17, 15) is 0 Å². The quantitative estimate of drug-likeness (QED) is 0.508. The molecule has 0 heterocycles. The SMILES string of the molecule is CC(C)CC[NH+](CCC(C)C)CCC(C)C.[N-]=C=O. The first-order valence-electron chi connectivity index (χ1n) is 7.68. The molecule has 19 heavy (non-hydrogen) atoms. The van der Waals surface area contributed by atoms with Gasteiger partial charge in [-0.05, 0) is 43.1 Å². The third kappa shape index (κ3) is 19.8. The fourth-order valence-electron chi connectivity index (χ4n) is 1.85. The Balaban J connectivity index is 0. The first-order chi connectivity index (χ1) is 8.83. The Kier molecular flexibility index (Phi) is 15.0. The normalized spacial score (nSPS) is 10.8. The van der Waals surface area contributed by atoms with E-state index in [1.165, 1.54) is 38.9 Å². The maximum absolute atomic E-state index is 8.24. The predicted octanol–water partition coefficient (Wildman–Crippen LogP) is 2.90. The van der Waals surface area contributed by atoms with Crippen molar-refractivity contribution in [1.82, 2.24) is 0 Å². The van der Waals surface area contributed by atoms with Gasteiger partial charge in [0.15, 0.2) is 0 Å². The number of quaternary nitrogens is 1. The van der Waals surface area contributed by atoms with Crippen LogP contribution in [0.2, 0.25) is 0 Å². The second kappa shape index (κ2) is 13.8. The molecule has 0 aliphatic heterocycles. The molecule has 0 aromatic rings. The summed E-state index contributed by atoms with van der Waals surface area (Å²) < 4.78 is 0. The standard InChI is InChI=1S/C15H33N.CNO/c1-13(2)7-10-16(11-8-14(3)4)12-9-15(5)6;2-1-3/h13-15H,7-12H2,1-6H3;/q;-1/p+1. The lowest BCUT2D eigenvalue weighted by Crippen LogP contribution is -3.12. The van der Waals surface area contributed by atoms with E-state index in [2.05, 4.69) is 41.5 Å². The highest BCUT2D eigenvalue weighted by Gasteiger charge is 2.11. The van der Waals surface area contributed by atoms with Crippen molar-refractivity contribution >= 4 is 6.08 Å². The lowest BCUT2D eigenvalue weighted by atomic mass is 10.1. The lowest BCUT2D eigenvalue weighted by Gasteiger charge is -2.22. The molecule has 0 saturated heterocycles. The van der Waals surface area contributed by atoms with Crippen molar-refractivity contribution in [2.45, 2.75) is 60.8 Å². The van der Waals surface area contributed by atoms with E-state index in [4.69, 9.17) is 10.2 Å². The molecule has 0 unspecified atom stereocenters. The average Bonchev–Trinajstić information content (AvgIpc) is 2.28. The summed E-state index contributed by atoms with van der Waals surface area (Å²) in [6.07, 6.45) is 4.64. The number of hydrogen-bond acceptors (Lipinski definition) is 1. The van der Waals surface area contributed by atoms with E-state index in [-0.39, 0.29) is 0 Å². The van der Waals surface area contributed by atoms with Gasteiger partial charge >= 0.3 is 0 Å². The van der Waals surface area contributed by atoms with Crippen LogP contribution in [0, 0.1) is 17.8 Å². The fourth-order valence-corrected chi connectivity index (χ4v) is 1.85. The maximum Gasteiger partial charge on any atom is 0.0773 e. The zero-order chi connectivity index (χ0) is 15.3. The van der Waals surface area contributed by atoms with Gasteiger partial charge in [0.2, 0.25) is 0 Å². The minimum absolute atomic E-state index is 0.500. The van der Waals surface area contributed by atoms with E-state index >= 15 is 0 Å². The summed E-state index contributed by atoms with van der Waals surface area (Å²) in [6.45, 7) is 18.1. The minimum atomic E-state index is 0.500. The molecular weight excluding hydrogens is 236 g/mol. The van der Waals surface area contributed by atoms with Crippen LogP contribution in [0.1, 0.15) is 60.8 Å². The van der Waals surface area contributed by atoms with Crippen molar-refractivity contribution in [2.75, 3.05) is 19.6 Å². The van der Waals surface area contributed by atoms with Gasteiger partial charge in [0.1, 0.15) is 0 Å². The second-order valence-corrected chi connectivity index (χ2v) is 6.64. The number of hydrogen-bond donors (Lipinski definition) is 1. The van der Waals surface area contributed by atoms with Crippen LogP contribution < -0.4 is 4.90 Å². The molecule has 3 nitrogen and oxygen atoms in total. The summed E-state index contributed by atoms with van der Waals surface area (Å²) in [4.78, 5) is 10.1. The molecule has 0 rings (SSSR count). The molecule has 0 bridgehead atoms. The van der Waals surface area contributed by atoms with Crippen molar-refractivity contribution < 1.29 is 9.69 Å². The van der Waals surface area contributed by atoms with Crippen LogP contribution in [-0.2, 0) is 4.79 Å². The van der Waals surface area contributed by atoms with Gasteiger partial charge < -0.3 is 10.3 Å². The number of nitrogens with one attached hydrogen (secondary N) is 1. The van der Waals surface area contributed by atoms with Crippen molar-refractivity contribution in [2.24, 2.45) is 17.8 Å². The summed E-state index contributed by atoms with van der Waals surface area (Å²) in [5.74, 6) is 2.56. The summed E-state index contributed by atoms with van der Waals surface area (Å²) in [6, 6.07) is 0. The van der Waals surface area contributed by atoms with Gasteiger partial charge in [-0.2, -0.15) is 0 Å². The number of carbonyl (C=O) groups excluding carboxylic acids is 1. The van der Waals surface area contributed by atoms with Crippen LogP contribution in [0.5, 0.6) is 0 Å². The van der Waals surface area contributed by atoms with E-state index in [1.807, 2.05) is 4.90 Å². The zero-order valence-electron chi connectivity index (χ0n) is 13.8. The van der Waals surface area contributed by atoms with Gasteiger partial charge in [-0.3, -0.25) is 4.79 Å². The Labute approximate surface area is 120 Å².